The van der Waals surface area contributed by atoms with Crippen LogP contribution in [-0.4, -0.2) is 66.3 Å². The van der Waals surface area contributed by atoms with Gasteiger partial charge >= 0.3 is 0 Å². The Bertz CT molecular complexity index is 756. The van der Waals surface area contributed by atoms with Crippen molar-refractivity contribution in [2.75, 3.05) is 39.5 Å². The Morgan fingerprint density at radius 3 is 2.61 bits per heavy atom. The lowest BCUT2D eigenvalue weighted by Gasteiger charge is -2.28. The number of imide groups is 1. The van der Waals surface area contributed by atoms with Crippen LogP contribution in [0.1, 0.15) is 25.3 Å². The first-order valence-corrected chi connectivity index (χ1v) is 10.2. The Morgan fingerprint density at radius 1 is 1.21 bits per heavy atom. The number of thioether (sulfide) groups is 1. The van der Waals surface area contributed by atoms with Crippen LogP contribution in [0, 0.1) is 0 Å². The van der Waals surface area contributed by atoms with E-state index in [1.54, 1.807) is 11.0 Å². The molecule has 2 heterocycles. The predicted molar refractivity (Wildman–Crippen MR) is 107 cm³/mol. The van der Waals surface area contributed by atoms with Crippen LogP contribution in [0.15, 0.2) is 29.2 Å². The van der Waals surface area contributed by atoms with E-state index < -0.39 is 11.1 Å². The summed E-state index contributed by atoms with van der Waals surface area (Å²) in [4.78, 5) is 40.1. The molecule has 0 aromatic heterocycles. The van der Waals surface area contributed by atoms with Crippen molar-refractivity contribution in [1.29, 1.82) is 0 Å². The topological polar surface area (TPSA) is 76.2 Å². The molecule has 2 fully saturated rings. The number of rotatable bonds is 7. The van der Waals surface area contributed by atoms with Crippen LogP contribution in [0.2, 0.25) is 0 Å². The van der Waals surface area contributed by atoms with Crippen LogP contribution in [0.3, 0.4) is 0 Å². The van der Waals surface area contributed by atoms with Gasteiger partial charge in [0.25, 0.3) is 11.1 Å². The van der Waals surface area contributed by atoms with Gasteiger partial charge in [-0.05, 0) is 42.0 Å². The molecule has 0 radical (unpaired) electrons. The Balaban J connectivity index is 1.61. The lowest BCUT2D eigenvalue weighted by molar-refractivity contribution is -0.139. The summed E-state index contributed by atoms with van der Waals surface area (Å²) in [6.07, 6.45) is 3.74. The third-order valence-electron chi connectivity index (χ3n) is 4.48. The maximum absolute atomic E-state index is 12.6. The second kappa shape index (κ2) is 9.75. The summed E-state index contributed by atoms with van der Waals surface area (Å²) in [5.74, 6) is 0.107. The van der Waals surface area contributed by atoms with E-state index in [2.05, 4.69) is 6.92 Å². The number of ether oxygens (including phenoxy) is 2. The molecule has 2 saturated heterocycles. The molecule has 0 aliphatic carbocycles. The summed E-state index contributed by atoms with van der Waals surface area (Å²) in [7, 11) is 0. The molecular formula is C20H24N2O5S. The first-order valence-electron chi connectivity index (χ1n) is 9.42. The number of amides is 3. The summed E-state index contributed by atoms with van der Waals surface area (Å²) in [5, 5.41) is -0.419. The molecule has 0 N–H and O–H groups in total. The molecule has 3 amide bonds. The maximum Gasteiger partial charge on any atom is 0.294 e. The molecule has 7 nitrogen and oxygen atoms in total. The SMILES string of the molecule is CCCCOc1ccc(/C=C2\SC(=O)N(CC(=O)N3CCOCC3)C2=O)cc1. The van der Waals surface area contributed by atoms with E-state index in [-0.39, 0.29) is 12.5 Å². The fraction of sp³-hybridized carbons (Fsp3) is 0.450. The molecular weight excluding hydrogens is 380 g/mol. The van der Waals surface area contributed by atoms with Gasteiger partial charge in [-0.1, -0.05) is 25.5 Å². The normalized spacial score (nSPS) is 18.8. The highest BCUT2D eigenvalue weighted by atomic mass is 32.2. The van der Waals surface area contributed by atoms with Gasteiger partial charge < -0.3 is 14.4 Å². The zero-order valence-corrected chi connectivity index (χ0v) is 16.7. The molecule has 0 saturated carbocycles. The highest BCUT2D eigenvalue weighted by molar-refractivity contribution is 8.18. The molecule has 28 heavy (non-hydrogen) atoms. The van der Waals surface area contributed by atoms with Crippen LogP contribution >= 0.6 is 11.8 Å². The highest BCUT2D eigenvalue weighted by Crippen LogP contribution is 2.32. The molecule has 0 atom stereocenters. The second-order valence-corrected chi connectivity index (χ2v) is 7.53. The number of nitrogens with zero attached hydrogens (tertiary/aromatic N) is 2. The van der Waals surface area contributed by atoms with Crippen molar-refractivity contribution in [3.63, 3.8) is 0 Å². The Labute approximate surface area is 168 Å². The van der Waals surface area contributed by atoms with Crippen LogP contribution in [0.25, 0.3) is 6.08 Å². The van der Waals surface area contributed by atoms with Gasteiger partial charge in [-0.25, -0.2) is 0 Å². The smallest absolute Gasteiger partial charge is 0.294 e. The number of carbonyl (C=O) groups is 3. The van der Waals surface area contributed by atoms with E-state index in [0.29, 0.717) is 37.8 Å². The van der Waals surface area contributed by atoms with Crippen molar-refractivity contribution < 1.29 is 23.9 Å². The third-order valence-corrected chi connectivity index (χ3v) is 5.38. The molecule has 8 heteroatoms. The van der Waals surface area contributed by atoms with E-state index in [4.69, 9.17) is 9.47 Å². The van der Waals surface area contributed by atoms with Crippen LogP contribution in [-0.2, 0) is 14.3 Å². The van der Waals surface area contributed by atoms with Crippen LogP contribution < -0.4 is 4.74 Å². The van der Waals surface area contributed by atoms with Gasteiger partial charge in [0, 0.05) is 13.1 Å². The van der Waals surface area contributed by atoms with Gasteiger partial charge in [0.15, 0.2) is 0 Å². The lowest BCUT2D eigenvalue weighted by atomic mass is 10.2. The quantitative estimate of drug-likeness (QED) is 0.514. The van der Waals surface area contributed by atoms with Crippen molar-refractivity contribution in [2.45, 2.75) is 19.8 Å². The molecule has 3 rings (SSSR count). The minimum Gasteiger partial charge on any atom is -0.494 e. The van der Waals surface area contributed by atoms with Crippen molar-refractivity contribution in [1.82, 2.24) is 9.80 Å². The second-order valence-electron chi connectivity index (χ2n) is 6.53. The monoisotopic (exact) mass is 404 g/mol. The van der Waals surface area contributed by atoms with Crippen molar-refractivity contribution in [3.05, 3.63) is 34.7 Å². The molecule has 1 aromatic rings. The highest BCUT2D eigenvalue weighted by Gasteiger charge is 2.37. The average Bonchev–Trinajstić information content (AvgIpc) is 2.97. The van der Waals surface area contributed by atoms with Gasteiger partial charge in [-0.2, -0.15) is 0 Å². The van der Waals surface area contributed by atoms with E-state index >= 15 is 0 Å². The standard InChI is InChI=1S/C20H24N2O5S/c1-2-3-10-27-16-6-4-15(5-7-16)13-17-19(24)22(20(25)28-17)14-18(23)21-8-11-26-12-9-21/h4-7,13H,2-3,8-12,14H2,1H3/b17-13-. The number of morpholine rings is 1. The summed E-state index contributed by atoms with van der Waals surface area (Å²) in [6.45, 7) is 4.47. The van der Waals surface area contributed by atoms with Crippen molar-refractivity contribution in [3.8, 4) is 5.75 Å². The number of carbonyl (C=O) groups excluding carboxylic acids is 3. The van der Waals surface area contributed by atoms with Gasteiger partial charge in [-0.15, -0.1) is 0 Å². The average molecular weight is 404 g/mol. The molecule has 0 spiro atoms. The van der Waals surface area contributed by atoms with Gasteiger partial charge in [0.1, 0.15) is 12.3 Å². The first-order chi connectivity index (χ1) is 13.6. The Morgan fingerprint density at radius 2 is 1.93 bits per heavy atom. The number of unbranched alkanes of at least 4 members (excludes halogenated alkanes) is 1. The number of hydrogen-bond donors (Lipinski definition) is 0. The summed E-state index contributed by atoms with van der Waals surface area (Å²) >= 11 is 0.858. The third kappa shape index (κ3) is 5.14. The molecule has 0 unspecified atom stereocenters. The Hall–Kier alpha value is -2.32. The van der Waals surface area contributed by atoms with Gasteiger partial charge in [0.2, 0.25) is 5.91 Å². The first kappa shape index (κ1) is 20.4. The zero-order chi connectivity index (χ0) is 19.9. The molecule has 0 bridgehead atoms. The maximum atomic E-state index is 12.6. The van der Waals surface area contributed by atoms with Gasteiger partial charge in [0.05, 0.1) is 24.7 Å². The minimum atomic E-state index is -0.431. The van der Waals surface area contributed by atoms with Gasteiger partial charge in [-0.3, -0.25) is 19.3 Å². The van der Waals surface area contributed by atoms with E-state index in [1.165, 1.54) is 0 Å². The zero-order valence-electron chi connectivity index (χ0n) is 15.9. The van der Waals surface area contributed by atoms with Crippen molar-refractivity contribution >= 4 is 34.9 Å². The van der Waals surface area contributed by atoms with Crippen LogP contribution in [0.5, 0.6) is 5.75 Å². The fourth-order valence-corrected chi connectivity index (χ4v) is 3.67. The molecule has 150 valence electrons. The van der Waals surface area contributed by atoms with Crippen molar-refractivity contribution in [2.24, 2.45) is 0 Å². The summed E-state index contributed by atoms with van der Waals surface area (Å²) < 4.78 is 10.8. The number of benzene rings is 1. The van der Waals surface area contributed by atoms with Crippen LogP contribution in [0.4, 0.5) is 4.79 Å². The van der Waals surface area contributed by atoms with E-state index in [0.717, 1.165) is 40.8 Å². The number of hydrogen-bond acceptors (Lipinski definition) is 6. The fourth-order valence-electron chi connectivity index (χ4n) is 2.83. The Kier molecular flexibility index (Phi) is 7.11. The lowest BCUT2D eigenvalue weighted by Crippen LogP contribution is -2.46. The largest absolute Gasteiger partial charge is 0.494 e. The molecule has 2 aliphatic heterocycles. The predicted octanol–water partition coefficient (Wildman–Crippen LogP) is 2.76. The van der Waals surface area contributed by atoms with E-state index in [9.17, 15) is 14.4 Å². The molecule has 2 aliphatic rings. The molecule has 1 aromatic carbocycles. The minimum absolute atomic E-state index is 0.230. The summed E-state index contributed by atoms with van der Waals surface area (Å²) in [6, 6.07) is 7.36. The summed E-state index contributed by atoms with van der Waals surface area (Å²) in [5.41, 5.74) is 0.799. The van der Waals surface area contributed by atoms with E-state index in [1.807, 2.05) is 24.3 Å².